The molecule has 0 saturated carbocycles. The average molecular weight is 269 g/mol. The molecule has 0 heterocycles. The Labute approximate surface area is 115 Å². The highest BCUT2D eigenvalue weighted by Gasteiger charge is 2.11. The predicted octanol–water partition coefficient (Wildman–Crippen LogP) is 4.91. The molecule has 0 spiro atoms. The van der Waals surface area contributed by atoms with E-state index in [4.69, 9.17) is 16.3 Å². The summed E-state index contributed by atoms with van der Waals surface area (Å²) >= 11 is 5.86. The maximum absolute atomic E-state index is 11.8. The van der Waals surface area contributed by atoms with Crippen LogP contribution in [0.4, 0.5) is 0 Å². The van der Waals surface area contributed by atoms with E-state index in [9.17, 15) is 4.79 Å². The number of halogens is 1. The van der Waals surface area contributed by atoms with Gasteiger partial charge < -0.3 is 4.74 Å². The van der Waals surface area contributed by atoms with Gasteiger partial charge in [-0.3, -0.25) is 4.79 Å². The Hall–Kier alpha value is -1.28. The van der Waals surface area contributed by atoms with Crippen LogP contribution < -0.4 is 4.74 Å². The molecule has 18 heavy (non-hydrogen) atoms. The lowest BCUT2D eigenvalue weighted by Crippen LogP contribution is -2.03. The van der Waals surface area contributed by atoms with Crippen LogP contribution in [0.3, 0.4) is 0 Å². The molecule has 0 fully saturated rings. The number of ether oxygens (including phenoxy) is 1. The van der Waals surface area contributed by atoms with Crippen LogP contribution in [-0.2, 0) is 0 Å². The van der Waals surface area contributed by atoms with Gasteiger partial charge in [0.05, 0.1) is 5.56 Å². The smallest absolute Gasteiger partial charge is 0.166 e. The molecule has 1 rings (SSSR count). The largest absolute Gasteiger partial charge is 0.489 e. The topological polar surface area (TPSA) is 26.3 Å². The van der Waals surface area contributed by atoms with Crippen molar-refractivity contribution in [2.75, 3.05) is 6.61 Å². The van der Waals surface area contributed by atoms with Crippen molar-refractivity contribution in [1.82, 2.24) is 0 Å². The third-order valence-corrected chi connectivity index (χ3v) is 2.31. The summed E-state index contributed by atoms with van der Waals surface area (Å²) in [5, 5.41) is 0.562. The molecule has 2 nitrogen and oxygen atoms in total. The predicted molar refractivity (Wildman–Crippen MR) is 77.7 cm³/mol. The van der Waals surface area contributed by atoms with Gasteiger partial charge in [0, 0.05) is 11.4 Å². The molecule has 1 aromatic carbocycles. The summed E-state index contributed by atoms with van der Waals surface area (Å²) in [4.78, 5) is 11.8. The number of carbonyl (C=O) groups is 1. The van der Waals surface area contributed by atoms with E-state index in [-0.39, 0.29) is 5.78 Å². The molecule has 0 bridgehead atoms. The van der Waals surface area contributed by atoms with Gasteiger partial charge in [-0.05, 0) is 24.6 Å². The number of carbonyl (C=O) groups excluding carboxylic acids is 1. The number of rotatable bonds is 6. The van der Waals surface area contributed by atoms with E-state index >= 15 is 0 Å². The Morgan fingerprint density at radius 1 is 1.44 bits per heavy atom. The summed E-state index contributed by atoms with van der Waals surface area (Å²) in [7, 11) is 0. The molecular weight excluding hydrogens is 248 g/mol. The molecule has 0 amide bonds. The molecular formula is C15H21ClO2. The first kappa shape index (κ1) is 16.7. The number of hydrogen-bond donors (Lipinski definition) is 0. The van der Waals surface area contributed by atoms with Gasteiger partial charge in [-0.15, -0.1) is 0 Å². The van der Waals surface area contributed by atoms with E-state index in [0.717, 1.165) is 6.42 Å². The van der Waals surface area contributed by atoms with Crippen molar-refractivity contribution in [3.63, 3.8) is 0 Å². The van der Waals surface area contributed by atoms with Crippen LogP contribution in [0.5, 0.6) is 5.75 Å². The molecule has 0 unspecified atom stereocenters. The van der Waals surface area contributed by atoms with E-state index in [1.807, 2.05) is 20.8 Å². The fraction of sp³-hybridized carbons (Fsp3) is 0.400. The highest BCUT2D eigenvalue weighted by molar-refractivity contribution is 6.30. The summed E-state index contributed by atoms with van der Waals surface area (Å²) in [5.74, 6) is 0.615. The fourth-order valence-electron chi connectivity index (χ4n) is 1.36. The molecule has 0 radical (unpaired) electrons. The van der Waals surface area contributed by atoms with Crippen LogP contribution in [0.2, 0.25) is 5.02 Å². The third kappa shape index (κ3) is 5.37. The van der Waals surface area contributed by atoms with Gasteiger partial charge in [0.25, 0.3) is 0 Å². The van der Waals surface area contributed by atoms with Gasteiger partial charge >= 0.3 is 0 Å². The second-order valence-electron chi connectivity index (χ2n) is 3.41. The zero-order valence-corrected chi connectivity index (χ0v) is 12.1. The number of Topliss-reactive ketones (excluding diaryl/α,β-unsaturated/α-hetero) is 1. The second-order valence-corrected chi connectivity index (χ2v) is 3.85. The Balaban J connectivity index is 0.00000137. The Bertz CT molecular complexity index is 386. The van der Waals surface area contributed by atoms with Crippen LogP contribution in [0.15, 0.2) is 30.9 Å². The minimum Gasteiger partial charge on any atom is -0.489 e. The molecule has 0 aliphatic carbocycles. The lowest BCUT2D eigenvalue weighted by molar-refractivity contribution is 0.0978. The van der Waals surface area contributed by atoms with Gasteiger partial charge in [0.1, 0.15) is 12.4 Å². The molecule has 0 saturated heterocycles. The van der Waals surface area contributed by atoms with Crippen LogP contribution in [0.1, 0.15) is 44.0 Å². The molecule has 0 atom stereocenters. The normalized spacial score (nSPS) is 9.11. The standard InChI is InChI=1S/C13H15ClO2.C2H6/c1-3-5-12(15)11-7-6-10(14)9-13(11)16-8-4-2;1-2/h4,6-7,9H,2-3,5,8H2,1H3;1-2H3. The van der Waals surface area contributed by atoms with Crippen LogP contribution in [-0.4, -0.2) is 12.4 Å². The van der Waals surface area contributed by atoms with Crippen LogP contribution >= 0.6 is 11.6 Å². The fourth-order valence-corrected chi connectivity index (χ4v) is 1.52. The van der Waals surface area contributed by atoms with Gasteiger partial charge in [-0.25, -0.2) is 0 Å². The zero-order chi connectivity index (χ0) is 14.0. The molecule has 0 aliphatic heterocycles. The first-order valence-electron chi connectivity index (χ1n) is 6.25. The molecule has 1 aromatic rings. The van der Waals surface area contributed by atoms with Crippen molar-refractivity contribution in [3.05, 3.63) is 41.4 Å². The Morgan fingerprint density at radius 2 is 2.11 bits per heavy atom. The average Bonchev–Trinajstić information content (AvgIpc) is 2.39. The van der Waals surface area contributed by atoms with Crippen molar-refractivity contribution in [2.45, 2.75) is 33.6 Å². The van der Waals surface area contributed by atoms with Crippen LogP contribution in [0.25, 0.3) is 0 Å². The van der Waals surface area contributed by atoms with E-state index < -0.39 is 0 Å². The summed E-state index contributed by atoms with van der Waals surface area (Å²) in [6.07, 6.45) is 2.98. The maximum Gasteiger partial charge on any atom is 0.166 e. The number of ketones is 1. The maximum atomic E-state index is 11.8. The zero-order valence-electron chi connectivity index (χ0n) is 11.3. The quantitative estimate of drug-likeness (QED) is 0.541. The van der Waals surface area contributed by atoms with E-state index in [2.05, 4.69) is 6.58 Å². The van der Waals surface area contributed by atoms with E-state index in [1.54, 1.807) is 24.3 Å². The van der Waals surface area contributed by atoms with Gasteiger partial charge in [0.2, 0.25) is 0 Å². The first-order valence-corrected chi connectivity index (χ1v) is 6.63. The van der Waals surface area contributed by atoms with Crippen molar-refractivity contribution < 1.29 is 9.53 Å². The van der Waals surface area contributed by atoms with Crippen molar-refractivity contribution in [1.29, 1.82) is 0 Å². The number of hydrogen-bond acceptors (Lipinski definition) is 2. The first-order chi connectivity index (χ1) is 8.69. The summed E-state index contributed by atoms with van der Waals surface area (Å²) in [6, 6.07) is 5.07. The minimum atomic E-state index is 0.0817. The summed E-state index contributed by atoms with van der Waals surface area (Å²) in [6.45, 7) is 9.90. The monoisotopic (exact) mass is 268 g/mol. The third-order valence-electron chi connectivity index (χ3n) is 2.08. The highest BCUT2D eigenvalue weighted by Crippen LogP contribution is 2.25. The highest BCUT2D eigenvalue weighted by atomic mass is 35.5. The summed E-state index contributed by atoms with van der Waals surface area (Å²) < 4.78 is 5.41. The lowest BCUT2D eigenvalue weighted by Gasteiger charge is -2.09. The van der Waals surface area contributed by atoms with Gasteiger partial charge in [-0.1, -0.05) is 45.0 Å². The molecule has 0 N–H and O–H groups in total. The van der Waals surface area contributed by atoms with Crippen LogP contribution in [0, 0.1) is 0 Å². The van der Waals surface area contributed by atoms with E-state index in [0.29, 0.717) is 29.4 Å². The van der Waals surface area contributed by atoms with Gasteiger partial charge in [0.15, 0.2) is 5.78 Å². The van der Waals surface area contributed by atoms with Crippen molar-refractivity contribution in [2.24, 2.45) is 0 Å². The van der Waals surface area contributed by atoms with Gasteiger partial charge in [-0.2, -0.15) is 0 Å². The van der Waals surface area contributed by atoms with E-state index in [1.165, 1.54) is 0 Å². The Kier molecular flexibility index (Phi) is 9.03. The molecule has 100 valence electrons. The minimum absolute atomic E-state index is 0.0817. The van der Waals surface area contributed by atoms with Crippen molar-refractivity contribution in [3.8, 4) is 5.75 Å². The second kappa shape index (κ2) is 9.72. The molecule has 0 aromatic heterocycles. The summed E-state index contributed by atoms with van der Waals surface area (Å²) in [5.41, 5.74) is 0.591. The SMILES string of the molecule is C=CCOc1cc(Cl)ccc1C(=O)CCC.CC. The lowest BCUT2D eigenvalue weighted by atomic mass is 10.1. The number of benzene rings is 1. The molecule has 0 aliphatic rings. The molecule has 3 heteroatoms. The Morgan fingerprint density at radius 3 is 2.67 bits per heavy atom. The van der Waals surface area contributed by atoms with Crippen molar-refractivity contribution >= 4 is 17.4 Å².